The van der Waals surface area contributed by atoms with E-state index in [1.165, 1.54) is 7.11 Å². The molecule has 23 heavy (non-hydrogen) atoms. The fraction of sp³-hybridized carbons (Fsp3) is 0.529. The van der Waals surface area contributed by atoms with E-state index < -0.39 is 30.9 Å². The molecule has 2 saturated heterocycles. The Hall–Kier alpha value is -1.28. The van der Waals surface area contributed by atoms with E-state index in [2.05, 4.69) is 6.58 Å². The number of aliphatic hydroxyl groups is 1. The highest BCUT2D eigenvalue weighted by molar-refractivity contribution is 5.16. The third kappa shape index (κ3) is 3.47. The molecular formula is C17H22O6. The Morgan fingerprint density at radius 3 is 2.78 bits per heavy atom. The van der Waals surface area contributed by atoms with Gasteiger partial charge in [-0.05, 0) is 0 Å². The monoisotopic (exact) mass is 322 g/mol. The number of methoxy groups -OCH3 is 1. The Morgan fingerprint density at radius 1 is 1.30 bits per heavy atom. The van der Waals surface area contributed by atoms with Crippen LogP contribution in [0.4, 0.5) is 0 Å². The molecule has 0 aromatic heterocycles. The van der Waals surface area contributed by atoms with Crippen molar-refractivity contribution < 1.29 is 28.8 Å². The minimum Gasteiger partial charge on any atom is -0.385 e. The van der Waals surface area contributed by atoms with E-state index in [1.807, 2.05) is 30.3 Å². The van der Waals surface area contributed by atoms with Gasteiger partial charge >= 0.3 is 0 Å². The SMILES string of the molecule is C=CCO[C@@H]1[C@H](O)[C@H](OC)O[C@@H]2CO[C@@H](c3ccccc3)O[C@@H]12. The van der Waals surface area contributed by atoms with Crippen LogP contribution in [-0.2, 0) is 23.7 Å². The predicted octanol–water partition coefficient (Wildman–Crippen LogP) is 1.40. The van der Waals surface area contributed by atoms with Crippen LogP contribution in [0.3, 0.4) is 0 Å². The quantitative estimate of drug-likeness (QED) is 0.827. The summed E-state index contributed by atoms with van der Waals surface area (Å²) in [7, 11) is 1.48. The smallest absolute Gasteiger partial charge is 0.186 e. The van der Waals surface area contributed by atoms with E-state index in [9.17, 15) is 5.11 Å². The van der Waals surface area contributed by atoms with Gasteiger partial charge in [0.05, 0.1) is 13.2 Å². The van der Waals surface area contributed by atoms with Crippen molar-refractivity contribution in [2.75, 3.05) is 20.3 Å². The average Bonchev–Trinajstić information content (AvgIpc) is 2.61. The Bertz CT molecular complexity index is 507. The maximum absolute atomic E-state index is 10.4. The zero-order valence-electron chi connectivity index (χ0n) is 13.0. The normalized spacial score (nSPS) is 37.1. The van der Waals surface area contributed by atoms with Crippen LogP contribution in [0.1, 0.15) is 11.9 Å². The van der Waals surface area contributed by atoms with Gasteiger partial charge in [0.15, 0.2) is 12.6 Å². The number of benzene rings is 1. The summed E-state index contributed by atoms with van der Waals surface area (Å²) in [5.41, 5.74) is 0.914. The summed E-state index contributed by atoms with van der Waals surface area (Å²) in [4.78, 5) is 0. The molecule has 2 heterocycles. The van der Waals surface area contributed by atoms with Crippen molar-refractivity contribution in [1.29, 1.82) is 0 Å². The van der Waals surface area contributed by atoms with E-state index in [0.717, 1.165) is 5.56 Å². The summed E-state index contributed by atoms with van der Waals surface area (Å²) < 4.78 is 28.4. The van der Waals surface area contributed by atoms with E-state index in [4.69, 9.17) is 23.7 Å². The van der Waals surface area contributed by atoms with Gasteiger partial charge in [0.25, 0.3) is 0 Å². The summed E-state index contributed by atoms with van der Waals surface area (Å²) in [6.45, 7) is 4.29. The first kappa shape index (κ1) is 16.6. The number of ether oxygens (including phenoxy) is 5. The lowest BCUT2D eigenvalue weighted by Gasteiger charge is -2.47. The molecule has 2 aliphatic rings. The summed E-state index contributed by atoms with van der Waals surface area (Å²) in [6.07, 6.45) is -1.99. The lowest BCUT2D eigenvalue weighted by Crippen LogP contribution is -2.62. The van der Waals surface area contributed by atoms with Gasteiger partial charge in [0.2, 0.25) is 0 Å². The van der Waals surface area contributed by atoms with Crippen molar-refractivity contribution >= 4 is 0 Å². The molecular weight excluding hydrogens is 300 g/mol. The largest absolute Gasteiger partial charge is 0.385 e. The van der Waals surface area contributed by atoms with Crippen LogP contribution in [-0.4, -0.2) is 56.1 Å². The molecule has 0 aliphatic carbocycles. The molecule has 1 N–H and O–H groups in total. The number of hydrogen-bond acceptors (Lipinski definition) is 6. The van der Waals surface area contributed by atoms with Crippen LogP contribution >= 0.6 is 0 Å². The molecule has 1 aromatic carbocycles. The van der Waals surface area contributed by atoms with Crippen LogP contribution < -0.4 is 0 Å². The van der Waals surface area contributed by atoms with Crippen LogP contribution in [0, 0.1) is 0 Å². The van der Waals surface area contributed by atoms with Gasteiger partial charge < -0.3 is 28.8 Å². The molecule has 6 atom stereocenters. The molecule has 0 radical (unpaired) electrons. The highest BCUT2D eigenvalue weighted by atomic mass is 16.8. The summed E-state index contributed by atoms with van der Waals surface area (Å²) in [5.74, 6) is 0. The summed E-state index contributed by atoms with van der Waals surface area (Å²) in [6, 6.07) is 9.65. The third-order valence-corrected chi connectivity index (χ3v) is 4.02. The Labute approximate surface area is 135 Å². The fourth-order valence-electron chi connectivity index (χ4n) is 2.91. The molecule has 6 nitrogen and oxygen atoms in total. The van der Waals surface area contributed by atoms with Gasteiger partial charge in [0.1, 0.15) is 24.4 Å². The van der Waals surface area contributed by atoms with Gasteiger partial charge in [-0.15, -0.1) is 6.58 Å². The number of rotatable bonds is 5. The van der Waals surface area contributed by atoms with Crippen LogP contribution in [0.5, 0.6) is 0 Å². The summed E-state index contributed by atoms with van der Waals surface area (Å²) in [5, 5.41) is 10.4. The number of hydrogen-bond donors (Lipinski definition) is 1. The second-order valence-electron chi connectivity index (χ2n) is 5.53. The van der Waals surface area contributed by atoms with Crippen molar-refractivity contribution in [2.24, 2.45) is 0 Å². The molecule has 0 unspecified atom stereocenters. The molecule has 126 valence electrons. The van der Waals surface area contributed by atoms with Gasteiger partial charge in [-0.25, -0.2) is 0 Å². The Balaban J connectivity index is 1.77. The average molecular weight is 322 g/mol. The molecule has 6 heteroatoms. The maximum Gasteiger partial charge on any atom is 0.186 e. The highest BCUT2D eigenvalue weighted by Gasteiger charge is 2.50. The van der Waals surface area contributed by atoms with E-state index >= 15 is 0 Å². The topological polar surface area (TPSA) is 66.4 Å². The van der Waals surface area contributed by atoms with Crippen molar-refractivity contribution in [3.8, 4) is 0 Å². The minimum absolute atomic E-state index is 0.307. The number of aliphatic hydroxyl groups excluding tert-OH is 1. The van der Waals surface area contributed by atoms with Crippen molar-refractivity contribution in [1.82, 2.24) is 0 Å². The van der Waals surface area contributed by atoms with Gasteiger partial charge in [-0.1, -0.05) is 36.4 Å². The van der Waals surface area contributed by atoms with Gasteiger partial charge in [0, 0.05) is 12.7 Å². The molecule has 2 fully saturated rings. The van der Waals surface area contributed by atoms with Crippen molar-refractivity contribution in [2.45, 2.75) is 37.0 Å². The molecule has 2 aliphatic heterocycles. The van der Waals surface area contributed by atoms with E-state index in [-0.39, 0.29) is 6.10 Å². The lowest BCUT2D eigenvalue weighted by molar-refractivity contribution is -0.362. The Kier molecular flexibility index (Phi) is 5.42. The van der Waals surface area contributed by atoms with Crippen LogP contribution in [0.2, 0.25) is 0 Å². The first-order valence-corrected chi connectivity index (χ1v) is 7.65. The zero-order chi connectivity index (χ0) is 16.2. The second-order valence-corrected chi connectivity index (χ2v) is 5.53. The van der Waals surface area contributed by atoms with E-state index in [0.29, 0.717) is 13.2 Å². The molecule has 0 amide bonds. The number of fused-ring (bicyclic) bond motifs is 1. The zero-order valence-corrected chi connectivity index (χ0v) is 13.0. The van der Waals surface area contributed by atoms with Gasteiger partial charge in [-0.3, -0.25) is 0 Å². The van der Waals surface area contributed by atoms with E-state index in [1.54, 1.807) is 6.08 Å². The molecule has 0 bridgehead atoms. The maximum atomic E-state index is 10.4. The van der Waals surface area contributed by atoms with Crippen LogP contribution in [0.25, 0.3) is 0 Å². The molecule has 3 rings (SSSR count). The molecule has 0 spiro atoms. The first-order valence-electron chi connectivity index (χ1n) is 7.65. The molecule has 1 aromatic rings. The lowest BCUT2D eigenvalue weighted by atomic mass is 9.97. The standard InChI is InChI=1S/C17H22O6/c1-3-9-20-15-13(18)17(19-2)22-12-10-21-16(23-14(12)15)11-7-5-4-6-8-11/h3-8,12-18H,1,9-10H2,2H3/t12-,13+,14-,15-,16-,17-/m1/s1. The molecule has 0 saturated carbocycles. The summed E-state index contributed by atoms with van der Waals surface area (Å²) >= 11 is 0. The fourth-order valence-corrected chi connectivity index (χ4v) is 2.91. The highest BCUT2D eigenvalue weighted by Crippen LogP contribution is 2.35. The Morgan fingerprint density at radius 2 is 2.09 bits per heavy atom. The minimum atomic E-state index is -0.948. The second kappa shape index (κ2) is 7.53. The van der Waals surface area contributed by atoms with Crippen molar-refractivity contribution in [3.05, 3.63) is 48.6 Å². The first-order chi connectivity index (χ1) is 11.2. The predicted molar refractivity (Wildman–Crippen MR) is 81.6 cm³/mol. The van der Waals surface area contributed by atoms with Gasteiger partial charge in [-0.2, -0.15) is 0 Å². The van der Waals surface area contributed by atoms with Crippen molar-refractivity contribution in [3.63, 3.8) is 0 Å². The van der Waals surface area contributed by atoms with Crippen LogP contribution in [0.15, 0.2) is 43.0 Å². The third-order valence-electron chi connectivity index (χ3n) is 4.02.